The van der Waals surface area contributed by atoms with Gasteiger partial charge >= 0.3 is 0 Å². The van der Waals surface area contributed by atoms with Crippen LogP contribution in [0.2, 0.25) is 0 Å². The van der Waals surface area contributed by atoms with Crippen LogP contribution < -0.4 is 10.6 Å². The number of hydrogen-bond donors (Lipinski definition) is 3. The molecule has 0 saturated heterocycles. The fourth-order valence-corrected chi connectivity index (χ4v) is 2.20. The third kappa shape index (κ3) is 3.95. The van der Waals surface area contributed by atoms with Crippen molar-refractivity contribution in [2.45, 2.75) is 20.4 Å². The number of carbonyl (C=O) groups is 1. The number of fused-ring (bicyclic) bond motifs is 1. The van der Waals surface area contributed by atoms with E-state index in [4.69, 9.17) is 0 Å². The minimum absolute atomic E-state index is 0.00658. The summed E-state index contributed by atoms with van der Waals surface area (Å²) in [5.74, 6) is 0.365. The predicted molar refractivity (Wildman–Crippen MR) is 85.2 cm³/mol. The number of aromatic hydroxyl groups is 1. The second kappa shape index (κ2) is 7.09. The molecular weight excluding hydrogens is 264 g/mol. The van der Waals surface area contributed by atoms with Crippen molar-refractivity contribution >= 4 is 16.7 Å². The van der Waals surface area contributed by atoms with Crippen LogP contribution in [0.4, 0.5) is 0 Å². The minimum Gasteiger partial charge on any atom is -0.508 e. The Labute approximate surface area is 125 Å². The van der Waals surface area contributed by atoms with Gasteiger partial charge in [-0.25, -0.2) is 0 Å². The second-order valence-electron chi connectivity index (χ2n) is 5.41. The van der Waals surface area contributed by atoms with E-state index in [0.29, 0.717) is 25.4 Å². The molecule has 0 unspecified atom stereocenters. The van der Waals surface area contributed by atoms with E-state index >= 15 is 0 Å². The molecule has 0 aliphatic rings. The number of carbonyl (C=O) groups excluding carboxylic acids is 1. The first-order chi connectivity index (χ1) is 10.1. The van der Waals surface area contributed by atoms with Crippen molar-refractivity contribution in [3.05, 3.63) is 42.0 Å². The van der Waals surface area contributed by atoms with E-state index in [1.807, 2.05) is 44.2 Å². The Morgan fingerprint density at radius 1 is 1.14 bits per heavy atom. The predicted octanol–water partition coefficient (Wildman–Crippen LogP) is 2.41. The Hall–Kier alpha value is -2.07. The molecule has 0 aliphatic carbocycles. The van der Waals surface area contributed by atoms with Crippen molar-refractivity contribution in [1.29, 1.82) is 0 Å². The Kier molecular flexibility index (Phi) is 5.17. The first-order valence-corrected chi connectivity index (χ1v) is 7.27. The van der Waals surface area contributed by atoms with E-state index in [-0.39, 0.29) is 11.8 Å². The van der Waals surface area contributed by atoms with Gasteiger partial charge in [0, 0.05) is 31.1 Å². The van der Waals surface area contributed by atoms with Gasteiger partial charge in [-0.15, -0.1) is 0 Å². The fraction of sp³-hybridized carbons (Fsp3) is 0.353. The van der Waals surface area contributed by atoms with Gasteiger partial charge in [0.2, 0.25) is 5.91 Å². The third-order valence-electron chi connectivity index (χ3n) is 3.44. The summed E-state index contributed by atoms with van der Waals surface area (Å²) in [7, 11) is 0. The number of nitrogens with one attached hydrogen (secondary N) is 2. The van der Waals surface area contributed by atoms with Gasteiger partial charge < -0.3 is 15.7 Å². The number of benzene rings is 2. The second-order valence-corrected chi connectivity index (χ2v) is 5.41. The van der Waals surface area contributed by atoms with E-state index in [1.54, 1.807) is 6.07 Å². The van der Waals surface area contributed by atoms with Crippen LogP contribution in [0.25, 0.3) is 10.8 Å². The summed E-state index contributed by atoms with van der Waals surface area (Å²) in [4.78, 5) is 11.4. The lowest BCUT2D eigenvalue weighted by atomic mass is 10.0. The normalized spacial score (nSPS) is 11.0. The van der Waals surface area contributed by atoms with Gasteiger partial charge in [0.05, 0.1) is 0 Å². The van der Waals surface area contributed by atoms with Crippen molar-refractivity contribution in [3.63, 3.8) is 0 Å². The standard InChI is InChI=1S/C17H22N2O2/c1-12(2)17(21)19-10-9-18-11-15-14-6-4-3-5-13(14)7-8-16(15)20/h3-8,12,18,20H,9-11H2,1-2H3,(H,19,21). The Morgan fingerprint density at radius 2 is 1.90 bits per heavy atom. The van der Waals surface area contributed by atoms with Crippen LogP contribution in [0, 0.1) is 5.92 Å². The number of phenols is 1. The number of amides is 1. The molecule has 1 amide bonds. The van der Waals surface area contributed by atoms with Gasteiger partial charge in [0.15, 0.2) is 0 Å². The highest BCUT2D eigenvalue weighted by atomic mass is 16.3. The summed E-state index contributed by atoms with van der Waals surface area (Å²) in [5.41, 5.74) is 0.892. The lowest BCUT2D eigenvalue weighted by Crippen LogP contribution is -2.34. The zero-order valence-electron chi connectivity index (χ0n) is 12.5. The highest BCUT2D eigenvalue weighted by Gasteiger charge is 2.07. The number of rotatable bonds is 6. The molecule has 0 bridgehead atoms. The molecule has 21 heavy (non-hydrogen) atoms. The molecule has 3 N–H and O–H groups in total. The molecule has 0 aliphatic heterocycles. The van der Waals surface area contributed by atoms with Gasteiger partial charge in [-0.05, 0) is 16.8 Å². The van der Waals surface area contributed by atoms with Crippen molar-refractivity contribution in [2.24, 2.45) is 5.92 Å². The maximum atomic E-state index is 11.4. The van der Waals surface area contributed by atoms with Crippen LogP contribution in [-0.2, 0) is 11.3 Å². The van der Waals surface area contributed by atoms with Crippen molar-refractivity contribution in [2.75, 3.05) is 13.1 Å². The molecule has 2 aromatic carbocycles. The summed E-state index contributed by atoms with van der Waals surface area (Å²) in [6.45, 7) is 5.57. The summed E-state index contributed by atoms with van der Waals surface area (Å²) >= 11 is 0. The topological polar surface area (TPSA) is 61.4 Å². The molecule has 0 fully saturated rings. The molecule has 4 nitrogen and oxygen atoms in total. The highest BCUT2D eigenvalue weighted by Crippen LogP contribution is 2.26. The van der Waals surface area contributed by atoms with Crippen LogP contribution in [0.5, 0.6) is 5.75 Å². The first-order valence-electron chi connectivity index (χ1n) is 7.27. The Morgan fingerprint density at radius 3 is 2.67 bits per heavy atom. The fourth-order valence-electron chi connectivity index (χ4n) is 2.20. The quantitative estimate of drug-likeness (QED) is 0.715. The summed E-state index contributed by atoms with van der Waals surface area (Å²) in [6, 6.07) is 11.6. The van der Waals surface area contributed by atoms with Gasteiger partial charge in [-0.3, -0.25) is 4.79 Å². The summed E-state index contributed by atoms with van der Waals surface area (Å²) in [6.07, 6.45) is 0. The van der Waals surface area contributed by atoms with E-state index in [0.717, 1.165) is 16.3 Å². The summed E-state index contributed by atoms with van der Waals surface area (Å²) in [5, 5.41) is 18.3. The van der Waals surface area contributed by atoms with Crippen LogP contribution in [0.3, 0.4) is 0 Å². The van der Waals surface area contributed by atoms with Gasteiger partial charge in [0.1, 0.15) is 5.75 Å². The van der Waals surface area contributed by atoms with Crippen molar-refractivity contribution < 1.29 is 9.90 Å². The lowest BCUT2D eigenvalue weighted by molar-refractivity contribution is -0.123. The van der Waals surface area contributed by atoms with E-state index in [1.165, 1.54) is 0 Å². The smallest absolute Gasteiger partial charge is 0.222 e. The summed E-state index contributed by atoms with van der Waals surface area (Å²) < 4.78 is 0. The van der Waals surface area contributed by atoms with Crippen molar-refractivity contribution in [3.8, 4) is 5.75 Å². The maximum absolute atomic E-state index is 11.4. The van der Waals surface area contributed by atoms with Crippen LogP contribution in [-0.4, -0.2) is 24.1 Å². The Balaban J connectivity index is 1.92. The zero-order chi connectivity index (χ0) is 15.2. The molecule has 0 spiro atoms. The molecular formula is C17H22N2O2. The van der Waals surface area contributed by atoms with Gasteiger partial charge in [-0.2, -0.15) is 0 Å². The zero-order valence-corrected chi connectivity index (χ0v) is 12.5. The largest absolute Gasteiger partial charge is 0.508 e. The van der Waals surface area contributed by atoms with Gasteiger partial charge in [0.25, 0.3) is 0 Å². The van der Waals surface area contributed by atoms with E-state index in [2.05, 4.69) is 10.6 Å². The SMILES string of the molecule is CC(C)C(=O)NCCNCc1c(O)ccc2ccccc12. The molecule has 4 heteroatoms. The molecule has 0 radical (unpaired) electrons. The van der Waals surface area contributed by atoms with E-state index < -0.39 is 0 Å². The molecule has 2 rings (SSSR count). The van der Waals surface area contributed by atoms with Crippen LogP contribution in [0.15, 0.2) is 36.4 Å². The molecule has 0 aromatic heterocycles. The molecule has 0 atom stereocenters. The van der Waals surface area contributed by atoms with Crippen LogP contribution in [0.1, 0.15) is 19.4 Å². The third-order valence-corrected chi connectivity index (χ3v) is 3.44. The maximum Gasteiger partial charge on any atom is 0.222 e. The van der Waals surface area contributed by atoms with Crippen molar-refractivity contribution in [1.82, 2.24) is 10.6 Å². The first kappa shape index (κ1) is 15.3. The van der Waals surface area contributed by atoms with Crippen LogP contribution >= 0.6 is 0 Å². The van der Waals surface area contributed by atoms with Gasteiger partial charge in [-0.1, -0.05) is 44.2 Å². The minimum atomic E-state index is 0.00658. The number of hydrogen-bond acceptors (Lipinski definition) is 3. The molecule has 112 valence electrons. The monoisotopic (exact) mass is 286 g/mol. The Bertz CT molecular complexity index is 623. The average molecular weight is 286 g/mol. The molecule has 0 heterocycles. The molecule has 0 saturated carbocycles. The highest BCUT2D eigenvalue weighted by molar-refractivity contribution is 5.87. The van der Waals surface area contributed by atoms with E-state index in [9.17, 15) is 9.90 Å². The number of phenolic OH excluding ortho intramolecular Hbond substituents is 1. The lowest BCUT2D eigenvalue weighted by Gasteiger charge is -2.11. The average Bonchev–Trinajstić information content (AvgIpc) is 2.48. The molecule has 2 aromatic rings.